The number of aliphatic hydroxyl groups excluding tert-OH is 1. The third-order valence-corrected chi connectivity index (χ3v) is 6.01. The monoisotopic (exact) mass is 290 g/mol. The molecule has 2 aliphatic rings. The molecule has 1 aliphatic carbocycles. The highest BCUT2D eigenvalue weighted by molar-refractivity contribution is 7.87. The molecule has 0 unspecified atom stereocenters. The topological polar surface area (TPSA) is 69.6 Å². The molecule has 1 heterocycles. The Hall–Kier alpha value is -0.170. The molecule has 0 aromatic heterocycles. The van der Waals surface area contributed by atoms with Crippen molar-refractivity contribution in [3.05, 3.63) is 0 Å². The minimum atomic E-state index is -3.27. The molecule has 2 fully saturated rings. The Kier molecular flexibility index (Phi) is 5.62. The third-order valence-electron chi connectivity index (χ3n) is 4.43. The highest BCUT2D eigenvalue weighted by Gasteiger charge is 2.26. The molecule has 0 spiro atoms. The predicted octanol–water partition coefficient (Wildman–Crippen LogP) is 1.11. The van der Waals surface area contributed by atoms with Crippen LogP contribution in [0.5, 0.6) is 0 Å². The van der Waals surface area contributed by atoms with E-state index in [0.29, 0.717) is 31.5 Å². The van der Waals surface area contributed by atoms with E-state index in [2.05, 4.69) is 4.72 Å². The van der Waals surface area contributed by atoms with Gasteiger partial charge < -0.3 is 5.11 Å². The van der Waals surface area contributed by atoms with E-state index in [1.807, 2.05) is 0 Å². The molecule has 1 saturated carbocycles. The molecule has 0 amide bonds. The summed E-state index contributed by atoms with van der Waals surface area (Å²) in [5, 5.41) is 9.09. The van der Waals surface area contributed by atoms with Crippen molar-refractivity contribution in [3.8, 4) is 0 Å². The molecule has 6 heteroatoms. The lowest BCUT2D eigenvalue weighted by Gasteiger charge is -2.30. The Morgan fingerprint density at radius 3 is 2.16 bits per heavy atom. The molecular formula is C13H26N2O3S. The minimum Gasteiger partial charge on any atom is -0.396 e. The zero-order valence-corrected chi connectivity index (χ0v) is 12.4. The molecule has 19 heavy (non-hydrogen) atoms. The smallest absolute Gasteiger partial charge is 0.279 e. The highest BCUT2D eigenvalue weighted by Crippen LogP contribution is 2.28. The van der Waals surface area contributed by atoms with Crippen LogP contribution in [-0.2, 0) is 10.2 Å². The Balaban J connectivity index is 1.75. The molecule has 0 aromatic carbocycles. The van der Waals surface area contributed by atoms with Crippen molar-refractivity contribution >= 4 is 10.2 Å². The van der Waals surface area contributed by atoms with Crippen molar-refractivity contribution in [2.24, 2.45) is 11.8 Å². The number of nitrogens with zero attached hydrogens (tertiary/aromatic N) is 1. The van der Waals surface area contributed by atoms with Crippen LogP contribution in [0, 0.1) is 11.8 Å². The number of rotatable bonds is 5. The minimum absolute atomic E-state index is 0.270. The fourth-order valence-corrected chi connectivity index (χ4v) is 4.41. The Bertz CT molecular complexity index is 358. The Labute approximate surface area is 116 Å². The van der Waals surface area contributed by atoms with Gasteiger partial charge in [0.05, 0.1) is 0 Å². The molecule has 1 aliphatic heterocycles. The number of hydrogen-bond donors (Lipinski definition) is 2. The number of piperidine rings is 1. The van der Waals surface area contributed by atoms with Gasteiger partial charge in [0.1, 0.15) is 0 Å². The zero-order valence-electron chi connectivity index (χ0n) is 11.6. The summed E-state index contributed by atoms with van der Waals surface area (Å²) in [5.74, 6) is 0.859. The van der Waals surface area contributed by atoms with E-state index >= 15 is 0 Å². The van der Waals surface area contributed by atoms with E-state index in [4.69, 9.17) is 5.11 Å². The standard InChI is InChI=1S/C13H26N2O3S/c16-11-13-6-4-12(5-7-13)10-14-19(17,18)15-8-2-1-3-9-15/h12-14,16H,1-11H2. The zero-order chi connectivity index (χ0) is 13.7. The molecule has 0 atom stereocenters. The summed E-state index contributed by atoms with van der Waals surface area (Å²) in [6.45, 7) is 2.14. The highest BCUT2D eigenvalue weighted by atomic mass is 32.2. The second-order valence-corrected chi connectivity index (χ2v) is 7.64. The summed E-state index contributed by atoms with van der Waals surface area (Å²) in [4.78, 5) is 0. The van der Waals surface area contributed by atoms with Gasteiger partial charge in [-0.15, -0.1) is 0 Å². The van der Waals surface area contributed by atoms with Crippen molar-refractivity contribution in [3.63, 3.8) is 0 Å². The lowest BCUT2D eigenvalue weighted by Crippen LogP contribution is -2.45. The van der Waals surface area contributed by atoms with Gasteiger partial charge in [0, 0.05) is 26.2 Å². The molecule has 0 bridgehead atoms. The maximum absolute atomic E-state index is 12.1. The summed E-state index contributed by atoms with van der Waals surface area (Å²) in [6.07, 6.45) is 7.17. The predicted molar refractivity (Wildman–Crippen MR) is 74.9 cm³/mol. The van der Waals surface area contributed by atoms with E-state index in [0.717, 1.165) is 44.9 Å². The number of nitrogens with one attached hydrogen (secondary N) is 1. The summed E-state index contributed by atoms with van der Waals surface area (Å²) in [7, 11) is -3.27. The van der Waals surface area contributed by atoms with Crippen molar-refractivity contribution in [1.29, 1.82) is 0 Å². The van der Waals surface area contributed by atoms with E-state index in [1.54, 1.807) is 4.31 Å². The van der Waals surface area contributed by atoms with E-state index < -0.39 is 10.2 Å². The SMILES string of the molecule is O=S(=O)(NCC1CCC(CO)CC1)N1CCCCC1. The van der Waals surface area contributed by atoms with Gasteiger partial charge in [0.25, 0.3) is 10.2 Å². The first kappa shape index (κ1) is 15.2. The third kappa shape index (κ3) is 4.41. The molecule has 5 nitrogen and oxygen atoms in total. The molecule has 2 N–H and O–H groups in total. The van der Waals surface area contributed by atoms with Crippen LogP contribution in [0.3, 0.4) is 0 Å². The quantitative estimate of drug-likeness (QED) is 0.797. The Morgan fingerprint density at radius 2 is 1.58 bits per heavy atom. The summed E-state index contributed by atoms with van der Waals surface area (Å²) < 4.78 is 28.6. The Morgan fingerprint density at radius 1 is 1.00 bits per heavy atom. The van der Waals surface area contributed by atoms with E-state index in [9.17, 15) is 8.42 Å². The van der Waals surface area contributed by atoms with Gasteiger partial charge >= 0.3 is 0 Å². The fourth-order valence-electron chi connectivity index (χ4n) is 3.04. The average Bonchev–Trinajstić information content (AvgIpc) is 2.47. The van der Waals surface area contributed by atoms with Gasteiger partial charge in [-0.05, 0) is 50.4 Å². The number of aliphatic hydroxyl groups is 1. The van der Waals surface area contributed by atoms with Crippen molar-refractivity contribution in [2.45, 2.75) is 44.9 Å². The second kappa shape index (κ2) is 7.02. The summed E-state index contributed by atoms with van der Waals surface area (Å²) in [5.41, 5.74) is 0. The van der Waals surface area contributed by atoms with Crippen LogP contribution in [-0.4, -0.2) is 44.1 Å². The lowest BCUT2D eigenvalue weighted by atomic mass is 9.82. The van der Waals surface area contributed by atoms with E-state index in [1.165, 1.54) is 0 Å². The number of hydrogen-bond acceptors (Lipinski definition) is 3. The normalized spacial score (nSPS) is 30.4. The van der Waals surface area contributed by atoms with Crippen molar-refractivity contribution in [1.82, 2.24) is 9.03 Å². The van der Waals surface area contributed by atoms with Crippen LogP contribution in [0.2, 0.25) is 0 Å². The van der Waals surface area contributed by atoms with Crippen LogP contribution in [0.4, 0.5) is 0 Å². The molecular weight excluding hydrogens is 264 g/mol. The molecule has 2 rings (SSSR count). The average molecular weight is 290 g/mol. The van der Waals surface area contributed by atoms with Crippen molar-refractivity contribution in [2.75, 3.05) is 26.2 Å². The fraction of sp³-hybridized carbons (Fsp3) is 1.00. The van der Waals surface area contributed by atoms with Gasteiger partial charge in [-0.25, -0.2) is 4.72 Å². The summed E-state index contributed by atoms with van der Waals surface area (Å²) in [6, 6.07) is 0. The van der Waals surface area contributed by atoms with Gasteiger partial charge in [-0.1, -0.05) is 6.42 Å². The van der Waals surface area contributed by atoms with Crippen LogP contribution in [0.15, 0.2) is 0 Å². The summed E-state index contributed by atoms with van der Waals surface area (Å²) >= 11 is 0. The largest absolute Gasteiger partial charge is 0.396 e. The van der Waals surface area contributed by atoms with Gasteiger partial charge in [-0.2, -0.15) is 12.7 Å². The maximum Gasteiger partial charge on any atom is 0.279 e. The van der Waals surface area contributed by atoms with Crippen LogP contribution in [0.1, 0.15) is 44.9 Å². The van der Waals surface area contributed by atoms with Gasteiger partial charge in [-0.3, -0.25) is 0 Å². The molecule has 1 saturated heterocycles. The van der Waals surface area contributed by atoms with Crippen molar-refractivity contribution < 1.29 is 13.5 Å². The second-order valence-electron chi connectivity index (χ2n) is 5.88. The van der Waals surface area contributed by atoms with E-state index in [-0.39, 0.29) is 6.61 Å². The molecule has 112 valence electrons. The molecule has 0 aromatic rings. The lowest BCUT2D eigenvalue weighted by molar-refractivity contribution is 0.168. The first-order chi connectivity index (χ1) is 9.12. The van der Waals surface area contributed by atoms with Crippen LogP contribution < -0.4 is 4.72 Å². The van der Waals surface area contributed by atoms with Crippen LogP contribution in [0.25, 0.3) is 0 Å². The van der Waals surface area contributed by atoms with Crippen LogP contribution >= 0.6 is 0 Å². The van der Waals surface area contributed by atoms with Gasteiger partial charge in [0.15, 0.2) is 0 Å². The first-order valence-electron chi connectivity index (χ1n) is 7.47. The van der Waals surface area contributed by atoms with Gasteiger partial charge in [0.2, 0.25) is 0 Å². The maximum atomic E-state index is 12.1. The molecule has 0 radical (unpaired) electrons. The first-order valence-corrected chi connectivity index (χ1v) is 8.91.